The van der Waals surface area contributed by atoms with Crippen LogP contribution in [-0.2, 0) is 0 Å². The van der Waals surface area contributed by atoms with Gasteiger partial charge in [-0.2, -0.15) is 0 Å². The van der Waals surface area contributed by atoms with Gasteiger partial charge in [0.15, 0.2) is 0 Å². The molecule has 1 amide bonds. The Balaban J connectivity index is 1.88. The smallest absolute Gasteiger partial charge is 0.257 e. The molecule has 2 atom stereocenters. The molecule has 0 aromatic carbocycles. The van der Waals surface area contributed by atoms with Gasteiger partial charge in [-0.1, -0.05) is 13.8 Å². The van der Waals surface area contributed by atoms with Crippen molar-refractivity contribution < 1.29 is 9.21 Å². The molecule has 2 aliphatic heterocycles. The first-order chi connectivity index (χ1) is 9.58. The van der Waals surface area contributed by atoms with Crippen LogP contribution in [0.25, 0.3) is 0 Å². The summed E-state index contributed by atoms with van der Waals surface area (Å²) in [5.74, 6) is 2.15. The third-order valence-electron chi connectivity index (χ3n) is 4.62. The van der Waals surface area contributed by atoms with Crippen LogP contribution in [-0.4, -0.2) is 36.0 Å². The van der Waals surface area contributed by atoms with Crippen LogP contribution in [0.5, 0.6) is 0 Å². The minimum atomic E-state index is 0.161. The first kappa shape index (κ1) is 13.7. The number of carbonyl (C=O) groups is 1. The molecule has 2 saturated heterocycles. The van der Waals surface area contributed by atoms with Gasteiger partial charge in [-0.25, -0.2) is 0 Å². The third-order valence-corrected chi connectivity index (χ3v) is 4.62. The second-order valence-corrected chi connectivity index (χ2v) is 6.36. The Hall–Kier alpha value is -1.29. The summed E-state index contributed by atoms with van der Waals surface area (Å²) in [6.07, 6.45) is 3.33. The first-order valence-corrected chi connectivity index (χ1v) is 7.71. The molecule has 0 unspecified atom stereocenters. The van der Waals surface area contributed by atoms with Crippen LogP contribution < -0.4 is 5.32 Å². The third kappa shape index (κ3) is 2.26. The fraction of sp³-hybridized carbons (Fsp3) is 0.688. The van der Waals surface area contributed by atoms with Gasteiger partial charge in [0.1, 0.15) is 11.5 Å². The van der Waals surface area contributed by atoms with Crippen molar-refractivity contribution in [3.8, 4) is 0 Å². The monoisotopic (exact) mass is 276 g/mol. The molecule has 1 N–H and O–H groups in total. The lowest BCUT2D eigenvalue weighted by Gasteiger charge is -2.27. The van der Waals surface area contributed by atoms with Crippen molar-refractivity contribution in [2.45, 2.75) is 58.0 Å². The summed E-state index contributed by atoms with van der Waals surface area (Å²) < 4.78 is 5.75. The van der Waals surface area contributed by atoms with E-state index in [1.165, 1.54) is 0 Å². The normalized spacial score (nSPS) is 26.1. The molecule has 1 aromatic heterocycles. The van der Waals surface area contributed by atoms with Crippen LogP contribution in [0.1, 0.15) is 60.9 Å². The lowest BCUT2D eigenvalue weighted by atomic mass is 10.1. The molecular weight excluding hydrogens is 252 g/mol. The molecule has 2 fully saturated rings. The average molecular weight is 276 g/mol. The standard InChI is InChI=1S/C16H24N2O2/c1-10(2)15-8-14(11(3)20-15)16(19)18-12-4-5-13(18)9-17-7-6-12/h8,10,12-13,17H,4-7,9H2,1-3H3/t12-,13+/m0/s1. The Morgan fingerprint density at radius 3 is 2.80 bits per heavy atom. The van der Waals surface area contributed by atoms with Crippen molar-refractivity contribution in [2.75, 3.05) is 13.1 Å². The largest absolute Gasteiger partial charge is 0.465 e. The second kappa shape index (κ2) is 5.24. The average Bonchev–Trinajstić information content (AvgIpc) is 2.88. The van der Waals surface area contributed by atoms with Crippen molar-refractivity contribution in [3.05, 3.63) is 23.2 Å². The lowest BCUT2D eigenvalue weighted by molar-refractivity contribution is 0.0678. The van der Waals surface area contributed by atoms with Crippen molar-refractivity contribution in [2.24, 2.45) is 0 Å². The minimum absolute atomic E-state index is 0.161. The van der Waals surface area contributed by atoms with E-state index in [0.717, 1.165) is 49.4 Å². The lowest BCUT2D eigenvalue weighted by Crippen LogP contribution is -2.42. The maximum Gasteiger partial charge on any atom is 0.257 e. The van der Waals surface area contributed by atoms with E-state index in [-0.39, 0.29) is 5.91 Å². The molecule has 1 aromatic rings. The number of nitrogens with one attached hydrogen (secondary N) is 1. The topological polar surface area (TPSA) is 45.5 Å². The van der Waals surface area contributed by atoms with Crippen molar-refractivity contribution in [1.82, 2.24) is 10.2 Å². The number of nitrogens with zero attached hydrogens (tertiary/aromatic N) is 1. The summed E-state index contributed by atoms with van der Waals surface area (Å²) >= 11 is 0. The molecule has 2 aliphatic rings. The summed E-state index contributed by atoms with van der Waals surface area (Å²) in [5.41, 5.74) is 0.757. The number of aryl methyl sites for hydroxylation is 1. The van der Waals surface area contributed by atoms with E-state index >= 15 is 0 Å². The highest BCUT2D eigenvalue weighted by Crippen LogP contribution is 2.31. The molecule has 2 bridgehead atoms. The first-order valence-electron chi connectivity index (χ1n) is 7.71. The van der Waals surface area contributed by atoms with E-state index in [9.17, 15) is 4.79 Å². The zero-order chi connectivity index (χ0) is 14.3. The maximum atomic E-state index is 12.9. The quantitative estimate of drug-likeness (QED) is 0.903. The van der Waals surface area contributed by atoms with E-state index in [4.69, 9.17) is 4.42 Å². The fourth-order valence-electron chi connectivity index (χ4n) is 3.45. The molecule has 4 nitrogen and oxygen atoms in total. The molecule has 0 radical (unpaired) electrons. The van der Waals surface area contributed by atoms with Gasteiger partial charge in [-0.05, 0) is 38.8 Å². The second-order valence-electron chi connectivity index (χ2n) is 6.36. The van der Waals surface area contributed by atoms with Gasteiger partial charge in [0.2, 0.25) is 0 Å². The highest BCUT2D eigenvalue weighted by Gasteiger charge is 2.39. The van der Waals surface area contributed by atoms with Gasteiger partial charge in [0.25, 0.3) is 5.91 Å². The Morgan fingerprint density at radius 2 is 2.10 bits per heavy atom. The van der Waals surface area contributed by atoms with Crippen molar-refractivity contribution in [1.29, 1.82) is 0 Å². The van der Waals surface area contributed by atoms with Crippen molar-refractivity contribution in [3.63, 3.8) is 0 Å². The van der Waals surface area contributed by atoms with Gasteiger partial charge < -0.3 is 14.6 Å². The summed E-state index contributed by atoms with van der Waals surface area (Å²) in [6.45, 7) is 8.03. The number of carbonyl (C=O) groups excluding carboxylic acids is 1. The summed E-state index contributed by atoms with van der Waals surface area (Å²) in [5, 5.41) is 3.44. The molecule has 0 spiro atoms. The molecule has 3 heterocycles. The zero-order valence-electron chi connectivity index (χ0n) is 12.6. The molecule has 0 aliphatic carbocycles. The number of amides is 1. The molecule has 4 heteroatoms. The number of hydrogen-bond donors (Lipinski definition) is 1. The van der Waals surface area contributed by atoms with Crippen LogP contribution in [0.3, 0.4) is 0 Å². The molecular formula is C16H24N2O2. The van der Waals surface area contributed by atoms with Gasteiger partial charge in [-0.15, -0.1) is 0 Å². The van der Waals surface area contributed by atoms with Crippen LogP contribution >= 0.6 is 0 Å². The summed E-state index contributed by atoms with van der Waals surface area (Å²) in [7, 11) is 0. The van der Waals surface area contributed by atoms with Crippen LogP contribution in [0, 0.1) is 6.92 Å². The van der Waals surface area contributed by atoms with E-state index in [1.807, 2.05) is 13.0 Å². The van der Waals surface area contributed by atoms with Gasteiger partial charge in [0.05, 0.1) is 5.56 Å². The highest BCUT2D eigenvalue weighted by molar-refractivity contribution is 5.96. The van der Waals surface area contributed by atoms with E-state index < -0.39 is 0 Å². The fourth-order valence-corrected chi connectivity index (χ4v) is 3.45. The SMILES string of the molecule is Cc1oc(C(C)C)cc1C(=O)N1[C@@H]2CCNC[C@H]1CC2. The zero-order valence-corrected chi connectivity index (χ0v) is 12.6. The minimum Gasteiger partial charge on any atom is -0.465 e. The van der Waals surface area contributed by atoms with Crippen LogP contribution in [0.4, 0.5) is 0 Å². The van der Waals surface area contributed by atoms with Crippen LogP contribution in [0.15, 0.2) is 10.5 Å². The van der Waals surface area contributed by atoms with Gasteiger partial charge in [-0.3, -0.25) is 4.79 Å². The molecule has 0 saturated carbocycles. The van der Waals surface area contributed by atoms with Gasteiger partial charge in [0, 0.05) is 24.5 Å². The molecule has 3 rings (SSSR count). The Bertz CT molecular complexity index is 493. The Morgan fingerprint density at radius 1 is 1.35 bits per heavy atom. The van der Waals surface area contributed by atoms with E-state index in [2.05, 4.69) is 24.1 Å². The molecule has 110 valence electrons. The molecule has 20 heavy (non-hydrogen) atoms. The van der Waals surface area contributed by atoms with E-state index in [1.54, 1.807) is 0 Å². The van der Waals surface area contributed by atoms with Crippen LogP contribution in [0.2, 0.25) is 0 Å². The van der Waals surface area contributed by atoms with E-state index in [0.29, 0.717) is 18.0 Å². The summed E-state index contributed by atoms with van der Waals surface area (Å²) in [4.78, 5) is 15.0. The number of fused-ring (bicyclic) bond motifs is 2. The summed E-state index contributed by atoms with van der Waals surface area (Å²) in [6, 6.07) is 2.70. The maximum absolute atomic E-state index is 12.9. The Kier molecular flexibility index (Phi) is 3.59. The van der Waals surface area contributed by atoms with Crippen molar-refractivity contribution >= 4 is 5.91 Å². The highest BCUT2D eigenvalue weighted by atomic mass is 16.3. The number of furan rings is 1. The van der Waals surface area contributed by atoms with Gasteiger partial charge >= 0.3 is 0 Å². The predicted molar refractivity (Wildman–Crippen MR) is 78.0 cm³/mol. The predicted octanol–water partition coefficient (Wildman–Crippen LogP) is 2.68. The number of hydrogen-bond acceptors (Lipinski definition) is 3. The number of rotatable bonds is 2. The Labute approximate surface area is 120 Å².